The largest absolute Gasteiger partial charge is 0.495 e. The van der Waals surface area contributed by atoms with Crippen LogP contribution in [0.1, 0.15) is 19.3 Å². The smallest absolute Gasteiger partial charge is 0.227 e. The molecule has 2 aliphatic heterocycles. The Balaban J connectivity index is 1.64. The number of nitrogens with zero attached hydrogens (tertiary/aromatic N) is 1. The predicted octanol–water partition coefficient (Wildman–Crippen LogP) is 2.00. The molecule has 0 radical (unpaired) electrons. The molecule has 2 fully saturated rings. The summed E-state index contributed by atoms with van der Waals surface area (Å²) in [5.41, 5.74) is 0.601. The van der Waals surface area contributed by atoms with Crippen LogP contribution in [-0.4, -0.2) is 44.7 Å². The van der Waals surface area contributed by atoms with E-state index in [9.17, 15) is 9.59 Å². The highest BCUT2D eigenvalue weighted by atomic mass is 35.5. The lowest BCUT2D eigenvalue weighted by atomic mass is 10.1. The van der Waals surface area contributed by atoms with Crippen LogP contribution in [0, 0.1) is 5.92 Å². The van der Waals surface area contributed by atoms with Crippen LogP contribution in [0.25, 0.3) is 0 Å². The van der Waals surface area contributed by atoms with E-state index in [-0.39, 0.29) is 30.3 Å². The molecule has 2 atom stereocenters. The van der Waals surface area contributed by atoms with Gasteiger partial charge in [0.2, 0.25) is 11.8 Å². The zero-order valence-corrected chi connectivity index (χ0v) is 14.3. The molecule has 130 valence electrons. The van der Waals surface area contributed by atoms with Gasteiger partial charge in [0.1, 0.15) is 5.75 Å². The molecule has 0 aliphatic carbocycles. The van der Waals surface area contributed by atoms with Gasteiger partial charge >= 0.3 is 0 Å². The first-order valence-corrected chi connectivity index (χ1v) is 8.49. The van der Waals surface area contributed by atoms with E-state index < -0.39 is 0 Å². The van der Waals surface area contributed by atoms with Gasteiger partial charge in [0.15, 0.2) is 0 Å². The minimum Gasteiger partial charge on any atom is -0.495 e. The molecule has 2 amide bonds. The number of hydrogen-bond acceptors (Lipinski definition) is 4. The lowest BCUT2D eigenvalue weighted by Crippen LogP contribution is -2.37. The fourth-order valence-corrected chi connectivity index (χ4v) is 3.32. The SMILES string of the molecule is COc1ccc(Cl)cc1N1C[C@H](C(=O)NC[C@@H]2CCCO2)CC1=O. The molecule has 0 unspecified atom stereocenters. The van der Waals surface area contributed by atoms with Gasteiger partial charge in [-0.15, -0.1) is 0 Å². The molecule has 0 saturated carbocycles. The maximum Gasteiger partial charge on any atom is 0.227 e. The van der Waals surface area contributed by atoms with Crippen LogP contribution in [0.2, 0.25) is 5.02 Å². The maximum absolute atomic E-state index is 12.4. The molecule has 3 rings (SSSR count). The number of methoxy groups -OCH3 is 1. The topological polar surface area (TPSA) is 67.9 Å². The minimum absolute atomic E-state index is 0.0928. The van der Waals surface area contributed by atoms with Crippen molar-refractivity contribution in [2.24, 2.45) is 5.92 Å². The minimum atomic E-state index is -0.373. The van der Waals surface area contributed by atoms with Crippen molar-refractivity contribution in [3.63, 3.8) is 0 Å². The number of anilines is 1. The summed E-state index contributed by atoms with van der Waals surface area (Å²) in [5, 5.41) is 3.42. The molecular formula is C17H21ClN2O4. The average Bonchev–Trinajstić information content (AvgIpc) is 3.22. The first kappa shape index (κ1) is 17.0. The van der Waals surface area contributed by atoms with Gasteiger partial charge in [0.05, 0.1) is 24.8 Å². The molecular weight excluding hydrogens is 332 g/mol. The molecule has 7 heteroatoms. The summed E-state index contributed by atoms with van der Waals surface area (Å²) in [5.74, 6) is -0.0223. The molecule has 2 heterocycles. The molecule has 0 aromatic heterocycles. The summed E-state index contributed by atoms with van der Waals surface area (Å²) in [4.78, 5) is 26.3. The van der Waals surface area contributed by atoms with Gasteiger partial charge in [-0.25, -0.2) is 0 Å². The molecule has 2 saturated heterocycles. The second kappa shape index (κ2) is 7.40. The number of nitrogens with one attached hydrogen (secondary N) is 1. The van der Waals surface area contributed by atoms with Crippen LogP contribution in [0.3, 0.4) is 0 Å². The molecule has 1 aromatic carbocycles. The van der Waals surface area contributed by atoms with Crippen LogP contribution < -0.4 is 15.0 Å². The van der Waals surface area contributed by atoms with E-state index in [2.05, 4.69) is 5.32 Å². The Morgan fingerprint density at radius 1 is 1.50 bits per heavy atom. The maximum atomic E-state index is 12.4. The van der Waals surface area contributed by atoms with E-state index in [1.165, 1.54) is 0 Å². The standard InChI is InChI=1S/C17H21ClN2O4/c1-23-15-5-4-12(18)8-14(15)20-10-11(7-16(20)21)17(22)19-9-13-3-2-6-24-13/h4-5,8,11,13H,2-3,6-7,9-10H2,1H3,(H,19,22)/t11-,13+/m1/s1. The fourth-order valence-electron chi connectivity index (χ4n) is 3.15. The average molecular weight is 353 g/mol. The van der Waals surface area contributed by atoms with Crippen molar-refractivity contribution in [1.29, 1.82) is 0 Å². The van der Waals surface area contributed by atoms with Gasteiger partial charge in [-0.3, -0.25) is 9.59 Å². The molecule has 2 aliphatic rings. The Bertz CT molecular complexity index is 631. The Kier molecular flexibility index (Phi) is 5.26. The lowest BCUT2D eigenvalue weighted by molar-refractivity contribution is -0.126. The molecule has 0 bridgehead atoms. The summed E-state index contributed by atoms with van der Waals surface area (Å²) in [6, 6.07) is 5.11. The summed E-state index contributed by atoms with van der Waals surface area (Å²) in [7, 11) is 1.54. The van der Waals surface area contributed by atoms with Crippen molar-refractivity contribution in [3.8, 4) is 5.75 Å². The van der Waals surface area contributed by atoms with Gasteiger partial charge in [-0.2, -0.15) is 0 Å². The highest BCUT2D eigenvalue weighted by Crippen LogP contribution is 2.35. The lowest BCUT2D eigenvalue weighted by Gasteiger charge is -2.20. The van der Waals surface area contributed by atoms with Crippen LogP contribution in [0.4, 0.5) is 5.69 Å². The number of carbonyl (C=O) groups excluding carboxylic acids is 2. The fraction of sp³-hybridized carbons (Fsp3) is 0.529. The number of amides is 2. The Labute approximate surface area is 146 Å². The highest BCUT2D eigenvalue weighted by molar-refractivity contribution is 6.31. The second-order valence-corrected chi connectivity index (χ2v) is 6.54. The van der Waals surface area contributed by atoms with E-state index in [0.29, 0.717) is 29.5 Å². The first-order valence-electron chi connectivity index (χ1n) is 8.11. The van der Waals surface area contributed by atoms with Gasteiger partial charge in [0, 0.05) is 31.1 Å². The summed E-state index contributed by atoms with van der Waals surface area (Å²) in [6.07, 6.45) is 2.28. The zero-order valence-electron chi connectivity index (χ0n) is 13.6. The predicted molar refractivity (Wildman–Crippen MR) is 90.4 cm³/mol. The van der Waals surface area contributed by atoms with Crippen molar-refractivity contribution in [3.05, 3.63) is 23.2 Å². The number of carbonyl (C=O) groups is 2. The monoisotopic (exact) mass is 352 g/mol. The number of halogens is 1. The van der Waals surface area contributed by atoms with E-state index in [1.54, 1.807) is 30.2 Å². The number of ether oxygens (including phenoxy) is 2. The molecule has 24 heavy (non-hydrogen) atoms. The number of hydrogen-bond donors (Lipinski definition) is 1. The van der Waals surface area contributed by atoms with Crippen LogP contribution >= 0.6 is 11.6 Å². The van der Waals surface area contributed by atoms with Crippen LogP contribution in [0.15, 0.2) is 18.2 Å². The summed E-state index contributed by atoms with van der Waals surface area (Å²) < 4.78 is 10.8. The Hall–Kier alpha value is -1.79. The van der Waals surface area contributed by atoms with E-state index >= 15 is 0 Å². The van der Waals surface area contributed by atoms with Gasteiger partial charge in [0.25, 0.3) is 0 Å². The van der Waals surface area contributed by atoms with Crippen molar-refractivity contribution < 1.29 is 19.1 Å². The number of benzene rings is 1. The van der Waals surface area contributed by atoms with Crippen molar-refractivity contribution >= 4 is 29.1 Å². The third-order valence-electron chi connectivity index (χ3n) is 4.46. The first-order chi connectivity index (χ1) is 11.6. The van der Waals surface area contributed by atoms with E-state index in [1.807, 2.05) is 0 Å². The molecule has 6 nitrogen and oxygen atoms in total. The Morgan fingerprint density at radius 2 is 2.33 bits per heavy atom. The molecule has 0 spiro atoms. The van der Waals surface area contributed by atoms with E-state index in [0.717, 1.165) is 19.4 Å². The number of rotatable bonds is 5. The quantitative estimate of drug-likeness (QED) is 0.880. The van der Waals surface area contributed by atoms with E-state index in [4.69, 9.17) is 21.1 Å². The normalized spacial score (nSPS) is 23.6. The third-order valence-corrected chi connectivity index (χ3v) is 4.69. The van der Waals surface area contributed by atoms with Crippen molar-refractivity contribution in [2.75, 3.05) is 31.7 Å². The third kappa shape index (κ3) is 3.65. The van der Waals surface area contributed by atoms with Crippen LogP contribution in [-0.2, 0) is 14.3 Å². The highest BCUT2D eigenvalue weighted by Gasteiger charge is 2.36. The van der Waals surface area contributed by atoms with Gasteiger partial charge < -0.3 is 19.7 Å². The zero-order chi connectivity index (χ0) is 17.1. The second-order valence-electron chi connectivity index (χ2n) is 6.10. The Morgan fingerprint density at radius 3 is 3.04 bits per heavy atom. The van der Waals surface area contributed by atoms with Crippen LogP contribution in [0.5, 0.6) is 5.75 Å². The molecule has 1 N–H and O–H groups in total. The summed E-state index contributed by atoms with van der Waals surface area (Å²) >= 11 is 6.03. The summed E-state index contributed by atoms with van der Waals surface area (Å²) in [6.45, 7) is 1.59. The van der Waals surface area contributed by atoms with Crippen molar-refractivity contribution in [1.82, 2.24) is 5.32 Å². The van der Waals surface area contributed by atoms with Crippen molar-refractivity contribution in [2.45, 2.75) is 25.4 Å². The van der Waals surface area contributed by atoms with Gasteiger partial charge in [-0.1, -0.05) is 11.6 Å². The molecule has 1 aromatic rings. The van der Waals surface area contributed by atoms with Gasteiger partial charge in [-0.05, 0) is 31.0 Å².